The maximum absolute atomic E-state index is 8.92. The van der Waals surface area contributed by atoms with Crippen molar-refractivity contribution < 1.29 is 5.11 Å². The van der Waals surface area contributed by atoms with E-state index >= 15 is 0 Å². The average molecular weight is 302 g/mol. The summed E-state index contributed by atoms with van der Waals surface area (Å²) in [5.41, 5.74) is 1.21. The van der Waals surface area contributed by atoms with E-state index in [-0.39, 0.29) is 6.61 Å². The molecule has 1 atom stereocenters. The number of thioether (sulfide) groups is 1. The summed E-state index contributed by atoms with van der Waals surface area (Å²) >= 11 is 8.02. The first-order valence-electron chi connectivity index (χ1n) is 6.79. The van der Waals surface area contributed by atoms with Crippen molar-refractivity contribution >= 4 is 23.4 Å². The van der Waals surface area contributed by atoms with Gasteiger partial charge in [-0.1, -0.05) is 38.4 Å². The zero-order valence-electron chi connectivity index (χ0n) is 11.9. The summed E-state index contributed by atoms with van der Waals surface area (Å²) in [5, 5.41) is 13.5. The van der Waals surface area contributed by atoms with Gasteiger partial charge in [0.05, 0.1) is 5.02 Å². The molecular formula is C15H24ClNOS. The molecule has 2 N–H and O–H groups in total. The van der Waals surface area contributed by atoms with E-state index in [0.717, 1.165) is 29.4 Å². The maximum Gasteiger partial charge on any atom is 0.0545 e. The molecule has 1 unspecified atom stereocenters. The van der Waals surface area contributed by atoms with E-state index in [0.29, 0.717) is 11.2 Å². The number of hydrogen-bond acceptors (Lipinski definition) is 3. The number of nitrogens with one attached hydrogen (secondary N) is 1. The van der Waals surface area contributed by atoms with Crippen LogP contribution in [0.4, 0.5) is 0 Å². The zero-order chi connectivity index (χ0) is 14.3. The SMILES string of the molecule is CC(C)CNCc1ccc(SC(C)CCO)c(Cl)c1. The van der Waals surface area contributed by atoms with Crippen molar-refractivity contribution in [1.29, 1.82) is 0 Å². The van der Waals surface area contributed by atoms with Crippen molar-refractivity contribution in [2.24, 2.45) is 5.92 Å². The van der Waals surface area contributed by atoms with Gasteiger partial charge in [0.2, 0.25) is 0 Å². The number of halogens is 1. The number of aliphatic hydroxyl groups is 1. The quantitative estimate of drug-likeness (QED) is 0.713. The van der Waals surface area contributed by atoms with Crippen LogP contribution in [-0.2, 0) is 6.54 Å². The van der Waals surface area contributed by atoms with Gasteiger partial charge >= 0.3 is 0 Å². The predicted octanol–water partition coefficient (Wildman–Crippen LogP) is 3.95. The molecule has 1 aromatic carbocycles. The monoisotopic (exact) mass is 301 g/mol. The van der Waals surface area contributed by atoms with Crippen LogP contribution in [0, 0.1) is 5.92 Å². The third-order valence-electron chi connectivity index (χ3n) is 2.74. The smallest absolute Gasteiger partial charge is 0.0545 e. The van der Waals surface area contributed by atoms with Gasteiger partial charge in [-0.15, -0.1) is 11.8 Å². The highest BCUT2D eigenvalue weighted by Crippen LogP contribution is 2.32. The van der Waals surface area contributed by atoms with E-state index in [1.165, 1.54) is 5.56 Å². The molecule has 0 aliphatic carbocycles. The number of aliphatic hydroxyl groups excluding tert-OH is 1. The van der Waals surface area contributed by atoms with Gasteiger partial charge in [0, 0.05) is 23.3 Å². The highest BCUT2D eigenvalue weighted by atomic mass is 35.5. The van der Waals surface area contributed by atoms with Crippen LogP contribution in [0.1, 0.15) is 32.8 Å². The van der Waals surface area contributed by atoms with Crippen LogP contribution in [0.2, 0.25) is 5.02 Å². The lowest BCUT2D eigenvalue weighted by atomic mass is 10.2. The standard InChI is InChI=1S/C15H24ClNOS/c1-11(2)9-17-10-13-4-5-15(14(16)8-13)19-12(3)6-7-18/h4-5,8,11-12,17-18H,6-7,9-10H2,1-3H3. The van der Waals surface area contributed by atoms with E-state index in [4.69, 9.17) is 16.7 Å². The molecular weight excluding hydrogens is 278 g/mol. The Kier molecular flexibility index (Phi) is 7.84. The Balaban J connectivity index is 2.54. The minimum atomic E-state index is 0.225. The molecule has 0 amide bonds. The van der Waals surface area contributed by atoms with E-state index in [9.17, 15) is 0 Å². The molecule has 0 radical (unpaired) electrons. The summed E-state index contributed by atoms with van der Waals surface area (Å²) in [6, 6.07) is 6.23. The first-order valence-corrected chi connectivity index (χ1v) is 8.05. The van der Waals surface area contributed by atoms with Gasteiger partial charge in [-0.05, 0) is 36.6 Å². The van der Waals surface area contributed by atoms with Crippen molar-refractivity contribution in [3.8, 4) is 0 Å². The summed E-state index contributed by atoms with van der Waals surface area (Å²) in [4.78, 5) is 1.09. The van der Waals surface area contributed by atoms with Crippen LogP contribution >= 0.6 is 23.4 Å². The first-order chi connectivity index (χ1) is 9.02. The highest BCUT2D eigenvalue weighted by Gasteiger charge is 2.08. The van der Waals surface area contributed by atoms with Crippen molar-refractivity contribution in [3.63, 3.8) is 0 Å². The largest absolute Gasteiger partial charge is 0.396 e. The molecule has 0 saturated heterocycles. The van der Waals surface area contributed by atoms with Gasteiger partial charge in [-0.3, -0.25) is 0 Å². The molecule has 108 valence electrons. The summed E-state index contributed by atoms with van der Waals surface area (Å²) in [6.07, 6.45) is 0.790. The second-order valence-corrected chi connectivity index (χ2v) is 7.12. The van der Waals surface area contributed by atoms with Crippen molar-refractivity contribution in [1.82, 2.24) is 5.32 Å². The lowest BCUT2D eigenvalue weighted by Crippen LogP contribution is -2.18. The zero-order valence-corrected chi connectivity index (χ0v) is 13.5. The van der Waals surface area contributed by atoms with E-state index in [1.54, 1.807) is 11.8 Å². The maximum atomic E-state index is 8.92. The molecule has 2 nitrogen and oxygen atoms in total. The summed E-state index contributed by atoms with van der Waals surface area (Å²) in [7, 11) is 0. The van der Waals surface area contributed by atoms with Crippen LogP contribution in [0.25, 0.3) is 0 Å². The van der Waals surface area contributed by atoms with Crippen LogP contribution in [0.5, 0.6) is 0 Å². The Bertz CT molecular complexity index is 384. The average Bonchev–Trinajstić information content (AvgIpc) is 2.32. The van der Waals surface area contributed by atoms with Crippen LogP contribution in [-0.4, -0.2) is 23.5 Å². The number of rotatable bonds is 8. The normalized spacial score (nSPS) is 12.9. The van der Waals surface area contributed by atoms with Gasteiger partial charge < -0.3 is 10.4 Å². The Morgan fingerprint density at radius 2 is 2.05 bits per heavy atom. The third kappa shape index (κ3) is 6.66. The topological polar surface area (TPSA) is 32.3 Å². The minimum Gasteiger partial charge on any atom is -0.396 e. The van der Waals surface area contributed by atoms with Crippen LogP contribution < -0.4 is 5.32 Å². The Morgan fingerprint density at radius 1 is 1.32 bits per heavy atom. The lowest BCUT2D eigenvalue weighted by Gasteiger charge is -2.12. The molecule has 0 aliphatic heterocycles. The fourth-order valence-electron chi connectivity index (χ4n) is 1.71. The molecule has 0 aliphatic rings. The van der Waals surface area contributed by atoms with E-state index in [1.807, 2.05) is 6.07 Å². The van der Waals surface area contributed by atoms with Crippen molar-refractivity contribution in [2.45, 2.75) is 43.9 Å². The molecule has 0 heterocycles. The van der Waals surface area contributed by atoms with E-state index < -0.39 is 0 Å². The molecule has 0 spiro atoms. The molecule has 0 bridgehead atoms. The summed E-state index contributed by atoms with van der Waals surface area (Å²) < 4.78 is 0. The number of hydrogen-bond donors (Lipinski definition) is 2. The van der Waals surface area contributed by atoms with Crippen molar-refractivity contribution in [3.05, 3.63) is 28.8 Å². The second kappa shape index (κ2) is 8.85. The molecule has 19 heavy (non-hydrogen) atoms. The lowest BCUT2D eigenvalue weighted by molar-refractivity contribution is 0.289. The van der Waals surface area contributed by atoms with E-state index in [2.05, 4.69) is 38.2 Å². The molecule has 1 rings (SSSR count). The molecule has 0 saturated carbocycles. The van der Waals surface area contributed by atoms with Gasteiger partial charge in [0.1, 0.15) is 0 Å². The van der Waals surface area contributed by atoms with Crippen LogP contribution in [0.3, 0.4) is 0 Å². The molecule has 0 aromatic heterocycles. The molecule has 1 aromatic rings. The Hall–Kier alpha value is -0.220. The fourth-order valence-corrected chi connectivity index (χ4v) is 3.02. The van der Waals surface area contributed by atoms with Gasteiger partial charge in [0.25, 0.3) is 0 Å². The predicted molar refractivity (Wildman–Crippen MR) is 85.0 cm³/mol. The van der Waals surface area contributed by atoms with Gasteiger partial charge in [0.15, 0.2) is 0 Å². The molecule has 4 heteroatoms. The summed E-state index contributed by atoms with van der Waals surface area (Å²) in [6.45, 7) is 8.60. The van der Waals surface area contributed by atoms with Crippen molar-refractivity contribution in [2.75, 3.05) is 13.2 Å². The highest BCUT2D eigenvalue weighted by molar-refractivity contribution is 8.00. The Labute approximate surface area is 125 Å². The minimum absolute atomic E-state index is 0.225. The Morgan fingerprint density at radius 3 is 2.63 bits per heavy atom. The van der Waals surface area contributed by atoms with Gasteiger partial charge in [-0.25, -0.2) is 0 Å². The molecule has 0 fully saturated rings. The van der Waals surface area contributed by atoms with Crippen LogP contribution in [0.15, 0.2) is 23.1 Å². The fraction of sp³-hybridized carbons (Fsp3) is 0.600. The number of benzene rings is 1. The first kappa shape index (κ1) is 16.8. The third-order valence-corrected chi connectivity index (χ3v) is 4.41. The second-order valence-electron chi connectivity index (χ2n) is 5.23. The summed E-state index contributed by atoms with van der Waals surface area (Å²) in [5.74, 6) is 0.657. The van der Waals surface area contributed by atoms with Gasteiger partial charge in [-0.2, -0.15) is 0 Å².